The van der Waals surface area contributed by atoms with Gasteiger partial charge in [0.05, 0.1) is 10.1 Å². The van der Waals surface area contributed by atoms with Gasteiger partial charge < -0.3 is 5.73 Å². The third-order valence-electron chi connectivity index (χ3n) is 2.74. The summed E-state index contributed by atoms with van der Waals surface area (Å²) in [5.74, 6) is 0. The molecule has 0 spiro atoms. The second-order valence-electron chi connectivity index (χ2n) is 3.74. The molecule has 2 rings (SSSR count). The summed E-state index contributed by atoms with van der Waals surface area (Å²) in [6.45, 7) is 1.71. The van der Waals surface area contributed by atoms with Crippen molar-refractivity contribution in [1.82, 2.24) is 0 Å². The van der Waals surface area contributed by atoms with E-state index in [1.165, 1.54) is 0 Å². The van der Waals surface area contributed by atoms with Gasteiger partial charge in [0, 0.05) is 6.04 Å². The van der Waals surface area contributed by atoms with Crippen LogP contribution in [0, 0.1) is 0 Å². The van der Waals surface area contributed by atoms with E-state index < -0.39 is 9.84 Å². The predicted molar refractivity (Wildman–Crippen MR) is 54.6 cm³/mol. The topological polar surface area (TPSA) is 60.2 Å². The molecular weight excluding hydrogens is 198 g/mol. The largest absolute Gasteiger partial charge is 0.324 e. The summed E-state index contributed by atoms with van der Waals surface area (Å²) in [6, 6.07) is 6.85. The van der Waals surface area contributed by atoms with Gasteiger partial charge in [0.25, 0.3) is 0 Å². The summed E-state index contributed by atoms with van der Waals surface area (Å²) < 4.78 is 23.8. The highest BCUT2D eigenvalue weighted by Crippen LogP contribution is 2.34. The normalized spacial score (nSPS) is 29.6. The van der Waals surface area contributed by atoms with Crippen LogP contribution in [-0.2, 0) is 9.84 Å². The Hall–Kier alpha value is -0.870. The smallest absolute Gasteiger partial charge is 0.181 e. The molecule has 1 aromatic carbocycles. The van der Waals surface area contributed by atoms with Gasteiger partial charge in [0.2, 0.25) is 0 Å². The molecule has 0 unspecified atom stereocenters. The summed E-state index contributed by atoms with van der Waals surface area (Å²) in [6.07, 6.45) is 0.513. The summed E-state index contributed by atoms with van der Waals surface area (Å²) in [4.78, 5) is 0.409. The Bertz CT molecular complexity index is 453. The van der Waals surface area contributed by atoms with Crippen molar-refractivity contribution in [3.8, 4) is 0 Å². The zero-order valence-corrected chi connectivity index (χ0v) is 8.79. The molecule has 1 aliphatic heterocycles. The first-order chi connectivity index (χ1) is 6.53. The van der Waals surface area contributed by atoms with Crippen LogP contribution in [0.2, 0.25) is 0 Å². The number of fused-ring (bicyclic) bond motifs is 1. The molecule has 0 saturated carbocycles. The lowest BCUT2D eigenvalue weighted by atomic mass is 10.0. The van der Waals surface area contributed by atoms with Gasteiger partial charge in [-0.3, -0.25) is 0 Å². The minimum atomic E-state index is -3.13. The molecule has 1 aliphatic rings. The van der Waals surface area contributed by atoms with Gasteiger partial charge in [-0.15, -0.1) is 0 Å². The fourth-order valence-corrected chi connectivity index (χ4v) is 3.58. The number of benzene rings is 1. The van der Waals surface area contributed by atoms with Crippen molar-refractivity contribution in [2.75, 3.05) is 0 Å². The zero-order valence-electron chi connectivity index (χ0n) is 7.97. The quantitative estimate of drug-likeness (QED) is 0.702. The Morgan fingerprint density at radius 3 is 2.71 bits per heavy atom. The third kappa shape index (κ3) is 1.26. The van der Waals surface area contributed by atoms with Crippen molar-refractivity contribution in [3.63, 3.8) is 0 Å². The maximum Gasteiger partial charge on any atom is 0.181 e. The number of nitrogens with two attached hydrogens (primary N) is 1. The van der Waals surface area contributed by atoms with Gasteiger partial charge >= 0.3 is 0 Å². The molecule has 4 heteroatoms. The monoisotopic (exact) mass is 211 g/mol. The van der Waals surface area contributed by atoms with E-state index in [1.54, 1.807) is 25.1 Å². The van der Waals surface area contributed by atoms with Crippen LogP contribution in [0.4, 0.5) is 0 Å². The van der Waals surface area contributed by atoms with E-state index in [0.29, 0.717) is 11.3 Å². The van der Waals surface area contributed by atoms with Crippen molar-refractivity contribution < 1.29 is 8.42 Å². The fraction of sp³-hybridized carbons (Fsp3) is 0.400. The molecular formula is C10H13NO2S. The molecule has 0 amide bonds. The van der Waals surface area contributed by atoms with Gasteiger partial charge in [-0.25, -0.2) is 8.42 Å². The van der Waals surface area contributed by atoms with Crippen molar-refractivity contribution in [1.29, 1.82) is 0 Å². The average Bonchev–Trinajstić information content (AvgIpc) is 2.16. The van der Waals surface area contributed by atoms with Crippen LogP contribution in [-0.4, -0.2) is 13.7 Å². The van der Waals surface area contributed by atoms with E-state index >= 15 is 0 Å². The molecule has 1 aromatic rings. The highest BCUT2D eigenvalue weighted by Gasteiger charge is 2.33. The maximum atomic E-state index is 11.9. The van der Waals surface area contributed by atoms with Gasteiger partial charge in [-0.05, 0) is 25.0 Å². The van der Waals surface area contributed by atoms with Crippen molar-refractivity contribution in [3.05, 3.63) is 29.8 Å². The average molecular weight is 211 g/mol. The van der Waals surface area contributed by atoms with Gasteiger partial charge in [0.15, 0.2) is 9.84 Å². The second-order valence-corrected chi connectivity index (χ2v) is 6.07. The Balaban J connectivity index is 2.69. The molecule has 2 atom stereocenters. The Kier molecular flexibility index (Phi) is 2.12. The first-order valence-corrected chi connectivity index (χ1v) is 6.16. The number of rotatable bonds is 0. The Labute approximate surface area is 83.9 Å². The van der Waals surface area contributed by atoms with E-state index in [2.05, 4.69) is 0 Å². The van der Waals surface area contributed by atoms with E-state index in [9.17, 15) is 8.42 Å². The minimum Gasteiger partial charge on any atom is -0.324 e. The van der Waals surface area contributed by atoms with Crippen LogP contribution < -0.4 is 5.73 Å². The van der Waals surface area contributed by atoms with Gasteiger partial charge in [-0.2, -0.15) is 0 Å². The molecule has 0 aromatic heterocycles. The van der Waals surface area contributed by atoms with Crippen molar-refractivity contribution in [2.45, 2.75) is 29.5 Å². The first kappa shape index (κ1) is 9.68. The molecule has 0 aliphatic carbocycles. The SMILES string of the molecule is C[C@H]1C[C@H](N)c2ccccc2S1(=O)=O. The van der Waals surface area contributed by atoms with E-state index in [-0.39, 0.29) is 11.3 Å². The molecule has 2 N–H and O–H groups in total. The van der Waals surface area contributed by atoms with E-state index in [1.807, 2.05) is 6.07 Å². The highest BCUT2D eigenvalue weighted by atomic mass is 32.2. The van der Waals surface area contributed by atoms with E-state index in [0.717, 1.165) is 5.56 Å². The Morgan fingerprint density at radius 1 is 1.36 bits per heavy atom. The summed E-state index contributed by atoms with van der Waals surface area (Å²) in [5, 5.41) is -0.368. The van der Waals surface area contributed by atoms with Gasteiger partial charge in [0.1, 0.15) is 0 Å². The standard InChI is InChI=1S/C10H13NO2S/c1-7-6-9(11)8-4-2-3-5-10(8)14(7,12)13/h2-5,7,9H,6,11H2,1H3/t7-,9-/m0/s1. The molecule has 0 saturated heterocycles. The number of hydrogen-bond donors (Lipinski definition) is 1. The number of sulfone groups is 1. The van der Waals surface area contributed by atoms with E-state index in [4.69, 9.17) is 5.73 Å². The van der Waals surface area contributed by atoms with Crippen molar-refractivity contribution in [2.24, 2.45) is 5.73 Å². The van der Waals surface area contributed by atoms with Crippen LogP contribution in [0.3, 0.4) is 0 Å². The maximum absolute atomic E-state index is 11.9. The first-order valence-electron chi connectivity index (χ1n) is 4.62. The van der Waals surface area contributed by atoms with Crippen LogP contribution >= 0.6 is 0 Å². The zero-order chi connectivity index (χ0) is 10.3. The number of hydrogen-bond acceptors (Lipinski definition) is 3. The van der Waals surface area contributed by atoms with Crippen LogP contribution in [0.5, 0.6) is 0 Å². The Morgan fingerprint density at radius 2 is 2.00 bits per heavy atom. The summed E-state index contributed by atoms with van der Waals surface area (Å²) in [5.41, 5.74) is 6.65. The molecule has 76 valence electrons. The van der Waals surface area contributed by atoms with Gasteiger partial charge in [-0.1, -0.05) is 18.2 Å². The lowest BCUT2D eigenvalue weighted by Crippen LogP contribution is -2.31. The minimum absolute atomic E-state index is 0.148. The van der Waals surface area contributed by atoms with Crippen LogP contribution in [0.15, 0.2) is 29.2 Å². The fourth-order valence-electron chi connectivity index (χ4n) is 1.87. The molecule has 1 heterocycles. The van der Waals surface area contributed by atoms with Crippen molar-refractivity contribution >= 4 is 9.84 Å². The molecule has 0 bridgehead atoms. The van der Waals surface area contributed by atoms with Crippen LogP contribution in [0.25, 0.3) is 0 Å². The molecule has 0 radical (unpaired) electrons. The van der Waals surface area contributed by atoms with Crippen LogP contribution in [0.1, 0.15) is 24.9 Å². The highest BCUT2D eigenvalue weighted by molar-refractivity contribution is 7.92. The second kappa shape index (κ2) is 3.07. The summed E-state index contributed by atoms with van der Waals surface area (Å²) in [7, 11) is -3.13. The lowest BCUT2D eigenvalue weighted by Gasteiger charge is -2.26. The molecule has 0 fully saturated rings. The molecule has 3 nitrogen and oxygen atoms in total. The predicted octanol–water partition coefficient (Wildman–Crippen LogP) is 1.25. The lowest BCUT2D eigenvalue weighted by molar-refractivity contribution is 0.537. The third-order valence-corrected chi connectivity index (χ3v) is 4.98. The molecule has 14 heavy (non-hydrogen) atoms. The summed E-state index contributed by atoms with van der Waals surface area (Å²) >= 11 is 0.